The smallest absolute Gasteiger partial charge is 0.335 e. The van der Waals surface area contributed by atoms with E-state index in [1.807, 2.05) is 0 Å². The predicted molar refractivity (Wildman–Crippen MR) is 116 cm³/mol. The minimum Gasteiger partial charge on any atom is -0.478 e. The molecule has 0 radical (unpaired) electrons. The van der Waals surface area contributed by atoms with Crippen LogP contribution in [-0.4, -0.2) is 26.0 Å². The fourth-order valence-corrected chi connectivity index (χ4v) is 4.56. The Balaban J connectivity index is 1.88. The Morgan fingerprint density at radius 3 is 2.10 bits per heavy atom. The molecule has 0 heterocycles. The van der Waals surface area contributed by atoms with Crippen LogP contribution in [-0.2, 0) is 10.0 Å². The number of carbonyl (C=O) groups is 1. The van der Waals surface area contributed by atoms with Crippen molar-refractivity contribution in [3.05, 3.63) is 82.9 Å². The van der Waals surface area contributed by atoms with E-state index in [2.05, 4.69) is 0 Å². The number of carboxylic acids is 1. The summed E-state index contributed by atoms with van der Waals surface area (Å²) < 4.78 is 33.2. The number of rotatable bonds is 7. The number of ether oxygens (including phenoxy) is 1. The van der Waals surface area contributed by atoms with Crippen molar-refractivity contribution in [2.45, 2.75) is 18.7 Å². The van der Waals surface area contributed by atoms with Crippen molar-refractivity contribution in [1.82, 2.24) is 0 Å². The lowest BCUT2D eigenvalue weighted by molar-refractivity contribution is 0.0696. The second-order valence-corrected chi connectivity index (χ2v) is 8.80. The highest BCUT2D eigenvalue weighted by Gasteiger charge is 2.25. The van der Waals surface area contributed by atoms with Gasteiger partial charge in [0.2, 0.25) is 0 Å². The summed E-state index contributed by atoms with van der Waals surface area (Å²) >= 11 is 5.86. The van der Waals surface area contributed by atoms with Gasteiger partial charge in [0.05, 0.1) is 16.1 Å². The van der Waals surface area contributed by atoms with Gasteiger partial charge in [0.1, 0.15) is 11.5 Å². The highest BCUT2D eigenvalue weighted by atomic mass is 35.5. The molecule has 0 saturated heterocycles. The van der Waals surface area contributed by atoms with Gasteiger partial charge in [0.15, 0.2) is 0 Å². The second kappa shape index (κ2) is 8.77. The maximum Gasteiger partial charge on any atom is 0.335 e. The van der Waals surface area contributed by atoms with Gasteiger partial charge < -0.3 is 9.84 Å². The van der Waals surface area contributed by atoms with E-state index in [-0.39, 0.29) is 17.0 Å². The van der Waals surface area contributed by atoms with Crippen LogP contribution < -0.4 is 9.04 Å². The number of anilines is 1. The number of hydrogen-bond donors (Lipinski definition) is 1. The predicted octanol–water partition coefficient (Wildman–Crippen LogP) is 5.35. The highest BCUT2D eigenvalue weighted by molar-refractivity contribution is 7.92. The summed E-state index contributed by atoms with van der Waals surface area (Å²) in [6, 6.07) is 17.6. The van der Waals surface area contributed by atoms with E-state index in [0.29, 0.717) is 27.8 Å². The molecule has 0 bridgehead atoms. The Hall–Kier alpha value is -3.03. The molecule has 3 aromatic rings. The van der Waals surface area contributed by atoms with E-state index >= 15 is 0 Å². The molecular formula is C22H20ClNO5S. The van der Waals surface area contributed by atoms with E-state index in [1.165, 1.54) is 22.5 Å². The van der Waals surface area contributed by atoms with E-state index in [1.54, 1.807) is 62.4 Å². The van der Waals surface area contributed by atoms with Gasteiger partial charge in [-0.05, 0) is 80.1 Å². The van der Waals surface area contributed by atoms with Crippen LogP contribution in [0.25, 0.3) is 0 Å². The van der Waals surface area contributed by atoms with E-state index in [0.717, 1.165) is 0 Å². The lowest BCUT2D eigenvalue weighted by atomic mass is 10.1. The molecule has 0 aliphatic carbocycles. The number of nitrogens with zero attached hydrogens (tertiary/aromatic N) is 1. The van der Waals surface area contributed by atoms with Gasteiger partial charge in [-0.15, -0.1) is 0 Å². The third-order valence-electron chi connectivity index (χ3n) is 4.49. The number of sulfonamides is 1. The minimum atomic E-state index is -3.94. The third kappa shape index (κ3) is 4.58. The molecule has 0 spiro atoms. The molecule has 3 rings (SSSR count). The molecule has 0 amide bonds. The average molecular weight is 446 g/mol. The molecule has 0 fully saturated rings. The van der Waals surface area contributed by atoms with E-state index in [9.17, 15) is 18.3 Å². The van der Waals surface area contributed by atoms with Crippen LogP contribution in [0.2, 0.25) is 5.02 Å². The molecule has 0 aliphatic heterocycles. The van der Waals surface area contributed by atoms with Crippen LogP contribution in [0.4, 0.5) is 5.69 Å². The molecule has 0 aliphatic rings. The number of aromatic carboxylic acids is 1. The Labute approximate surface area is 180 Å². The quantitative estimate of drug-likeness (QED) is 0.529. The number of benzene rings is 3. The Bertz CT molecular complexity index is 1160. The van der Waals surface area contributed by atoms with E-state index in [4.69, 9.17) is 16.3 Å². The van der Waals surface area contributed by atoms with Crippen molar-refractivity contribution in [2.24, 2.45) is 0 Å². The summed E-state index contributed by atoms with van der Waals surface area (Å²) in [4.78, 5) is 11.3. The standard InChI is InChI=1S/C22H20ClNO5S/c1-3-24(30(27,28)20-13-4-15(2)21(14-20)22(25)26)17-7-11-19(12-8-17)29-18-9-5-16(23)6-10-18/h4-14H,3H2,1-2H3,(H,25,26). The zero-order valence-corrected chi connectivity index (χ0v) is 17.9. The highest BCUT2D eigenvalue weighted by Crippen LogP contribution is 2.29. The molecule has 156 valence electrons. The molecule has 0 saturated carbocycles. The van der Waals surface area contributed by atoms with Crippen LogP contribution >= 0.6 is 11.6 Å². The van der Waals surface area contributed by atoms with Gasteiger partial charge in [-0.2, -0.15) is 0 Å². The molecule has 30 heavy (non-hydrogen) atoms. The van der Waals surface area contributed by atoms with Crippen LogP contribution in [0.15, 0.2) is 71.6 Å². The van der Waals surface area contributed by atoms with Crippen LogP contribution in [0.5, 0.6) is 11.5 Å². The minimum absolute atomic E-state index is 0.0427. The van der Waals surface area contributed by atoms with Crippen molar-refractivity contribution < 1.29 is 23.1 Å². The van der Waals surface area contributed by atoms with Crippen molar-refractivity contribution in [1.29, 1.82) is 0 Å². The van der Waals surface area contributed by atoms with Crippen LogP contribution in [0.1, 0.15) is 22.8 Å². The molecule has 3 aromatic carbocycles. The number of carboxylic acid groups (broad SMARTS) is 1. The van der Waals surface area contributed by atoms with E-state index < -0.39 is 16.0 Å². The number of halogens is 1. The maximum absolute atomic E-state index is 13.1. The monoisotopic (exact) mass is 445 g/mol. The Morgan fingerprint density at radius 2 is 1.57 bits per heavy atom. The van der Waals surface area contributed by atoms with Crippen molar-refractivity contribution in [2.75, 3.05) is 10.8 Å². The fraction of sp³-hybridized carbons (Fsp3) is 0.136. The Kier molecular flexibility index (Phi) is 6.34. The van der Waals surface area contributed by atoms with Crippen LogP contribution in [0, 0.1) is 6.92 Å². The molecule has 8 heteroatoms. The summed E-state index contributed by atoms with van der Waals surface area (Å²) in [5.74, 6) is -0.0257. The normalized spacial score (nSPS) is 11.2. The number of hydrogen-bond acceptors (Lipinski definition) is 4. The maximum atomic E-state index is 13.1. The van der Waals surface area contributed by atoms with Crippen molar-refractivity contribution >= 4 is 33.3 Å². The summed E-state index contributed by atoms with van der Waals surface area (Å²) in [5, 5.41) is 9.91. The first-order valence-electron chi connectivity index (χ1n) is 9.12. The average Bonchev–Trinajstić information content (AvgIpc) is 2.71. The number of aryl methyl sites for hydroxylation is 1. The Morgan fingerprint density at radius 1 is 1.00 bits per heavy atom. The molecule has 0 aromatic heterocycles. The summed E-state index contributed by atoms with van der Waals surface area (Å²) in [6.07, 6.45) is 0. The van der Waals surface area contributed by atoms with Gasteiger partial charge >= 0.3 is 5.97 Å². The lowest BCUT2D eigenvalue weighted by Gasteiger charge is -2.23. The topological polar surface area (TPSA) is 83.9 Å². The largest absolute Gasteiger partial charge is 0.478 e. The van der Waals surface area contributed by atoms with Gasteiger partial charge in [0.25, 0.3) is 10.0 Å². The summed E-state index contributed by atoms with van der Waals surface area (Å²) in [7, 11) is -3.94. The first kappa shape index (κ1) is 21.7. The first-order chi connectivity index (χ1) is 14.2. The summed E-state index contributed by atoms with van der Waals surface area (Å²) in [5.41, 5.74) is 0.894. The van der Waals surface area contributed by atoms with Crippen molar-refractivity contribution in [3.63, 3.8) is 0 Å². The second-order valence-electron chi connectivity index (χ2n) is 6.50. The zero-order chi connectivity index (χ0) is 21.9. The van der Waals surface area contributed by atoms with Gasteiger partial charge in [-0.25, -0.2) is 13.2 Å². The van der Waals surface area contributed by atoms with Crippen molar-refractivity contribution in [3.8, 4) is 11.5 Å². The molecule has 1 N–H and O–H groups in total. The fourth-order valence-electron chi connectivity index (χ4n) is 2.93. The molecule has 0 atom stereocenters. The molecule has 0 unspecified atom stereocenters. The lowest BCUT2D eigenvalue weighted by Crippen LogP contribution is -2.31. The molecule has 6 nitrogen and oxygen atoms in total. The first-order valence-corrected chi connectivity index (χ1v) is 10.9. The van der Waals surface area contributed by atoms with Crippen LogP contribution in [0.3, 0.4) is 0 Å². The zero-order valence-electron chi connectivity index (χ0n) is 16.4. The third-order valence-corrected chi connectivity index (χ3v) is 6.64. The molecular weight excluding hydrogens is 426 g/mol. The van der Waals surface area contributed by atoms with Gasteiger partial charge in [0, 0.05) is 11.6 Å². The van der Waals surface area contributed by atoms with Gasteiger partial charge in [-0.1, -0.05) is 17.7 Å². The SMILES string of the molecule is CCN(c1ccc(Oc2ccc(Cl)cc2)cc1)S(=O)(=O)c1ccc(C)c(C(=O)O)c1. The summed E-state index contributed by atoms with van der Waals surface area (Å²) in [6.45, 7) is 3.51. The van der Waals surface area contributed by atoms with Gasteiger partial charge in [-0.3, -0.25) is 4.31 Å².